The van der Waals surface area contributed by atoms with Gasteiger partial charge < -0.3 is 14.8 Å². The molecular weight excluding hydrogens is 378 g/mol. The van der Waals surface area contributed by atoms with E-state index >= 15 is 0 Å². The van der Waals surface area contributed by atoms with E-state index in [1.807, 2.05) is 0 Å². The Hall–Kier alpha value is -2.11. The van der Waals surface area contributed by atoms with Crippen molar-refractivity contribution >= 4 is 34.0 Å². The lowest BCUT2D eigenvalue weighted by atomic mass is 10.1. The highest BCUT2D eigenvalue weighted by Gasteiger charge is 2.38. The molecular formula is C13H16ClN3O7S. The van der Waals surface area contributed by atoms with Crippen molar-refractivity contribution < 1.29 is 27.6 Å². The molecule has 0 spiro atoms. The first kappa shape index (κ1) is 19.2. The molecule has 138 valence electrons. The number of rotatable bonds is 4. The third-order valence-corrected chi connectivity index (χ3v) is 6.10. The summed E-state index contributed by atoms with van der Waals surface area (Å²) in [7, 11) is -4.09. The van der Waals surface area contributed by atoms with Crippen molar-refractivity contribution in [2.75, 3.05) is 26.4 Å². The van der Waals surface area contributed by atoms with Crippen molar-refractivity contribution in [1.82, 2.24) is 9.62 Å². The molecule has 1 saturated heterocycles. The van der Waals surface area contributed by atoms with Gasteiger partial charge in [0.15, 0.2) is 11.5 Å². The van der Waals surface area contributed by atoms with E-state index in [1.165, 1.54) is 13.0 Å². The molecule has 2 heterocycles. The summed E-state index contributed by atoms with van der Waals surface area (Å²) in [5.41, 5.74) is -0.437. The van der Waals surface area contributed by atoms with Crippen molar-refractivity contribution in [2.24, 2.45) is 0 Å². The van der Waals surface area contributed by atoms with Gasteiger partial charge in [0.05, 0.1) is 23.1 Å². The number of hydrogen-bond donors (Lipinski definition) is 1. The Kier molecular flexibility index (Phi) is 5.40. The number of nitrogens with one attached hydrogen (secondary N) is 1. The first-order valence-corrected chi connectivity index (χ1v) is 8.65. The van der Waals surface area contributed by atoms with Crippen LogP contribution in [0.3, 0.4) is 0 Å². The lowest BCUT2D eigenvalue weighted by Gasteiger charge is -2.29. The Morgan fingerprint density at radius 3 is 2.56 bits per heavy atom. The van der Waals surface area contributed by atoms with Gasteiger partial charge in [0.1, 0.15) is 5.25 Å². The van der Waals surface area contributed by atoms with Crippen LogP contribution in [0.25, 0.3) is 0 Å². The van der Waals surface area contributed by atoms with E-state index in [0.717, 1.165) is 10.4 Å². The van der Waals surface area contributed by atoms with Gasteiger partial charge in [0, 0.05) is 13.1 Å². The minimum Gasteiger partial charge on any atom is -0.454 e. The molecule has 10 nitrogen and oxygen atoms in total. The number of amides is 1. The molecule has 0 aromatic heterocycles. The van der Waals surface area contributed by atoms with E-state index in [-0.39, 0.29) is 49.4 Å². The Morgan fingerprint density at radius 1 is 1.32 bits per heavy atom. The van der Waals surface area contributed by atoms with Crippen LogP contribution in [0.15, 0.2) is 12.1 Å². The molecule has 1 aromatic carbocycles. The molecule has 2 aliphatic rings. The van der Waals surface area contributed by atoms with E-state index in [0.29, 0.717) is 6.54 Å². The number of fused-ring (bicyclic) bond motifs is 1. The molecule has 25 heavy (non-hydrogen) atoms. The fourth-order valence-electron chi connectivity index (χ4n) is 2.64. The van der Waals surface area contributed by atoms with Crippen LogP contribution in [0.1, 0.15) is 17.7 Å². The van der Waals surface area contributed by atoms with E-state index in [2.05, 4.69) is 5.32 Å². The molecule has 1 N–H and O–H groups in total. The molecule has 1 fully saturated rings. The second kappa shape index (κ2) is 7.02. The van der Waals surface area contributed by atoms with Crippen LogP contribution in [0, 0.1) is 10.1 Å². The Bertz CT molecular complexity index is 814. The number of carbonyl (C=O) groups excluding carboxylic acids is 1. The van der Waals surface area contributed by atoms with E-state index in [9.17, 15) is 23.3 Å². The molecule has 0 saturated carbocycles. The van der Waals surface area contributed by atoms with Crippen LogP contribution in [0.5, 0.6) is 11.5 Å². The number of carbonyl (C=O) groups is 1. The number of piperazine rings is 1. The largest absolute Gasteiger partial charge is 0.454 e. The third-order valence-electron chi connectivity index (χ3n) is 3.96. The van der Waals surface area contributed by atoms with Gasteiger partial charge >= 0.3 is 0 Å². The highest BCUT2D eigenvalue weighted by atomic mass is 35.5. The quantitative estimate of drug-likeness (QED) is 0.580. The molecule has 1 amide bonds. The normalized spacial score (nSPS) is 17.8. The molecule has 12 heteroatoms. The van der Waals surface area contributed by atoms with Crippen LogP contribution in [-0.4, -0.2) is 50.0 Å². The van der Waals surface area contributed by atoms with Gasteiger partial charge in [0.25, 0.3) is 5.69 Å². The first-order valence-electron chi connectivity index (χ1n) is 7.15. The maximum atomic E-state index is 12.8. The Morgan fingerprint density at radius 2 is 1.96 bits per heavy atom. The summed E-state index contributed by atoms with van der Waals surface area (Å²) in [4.78, 5) is 22.5. The van der Waals surface area contributed by atoms with Crippen molar-refractivity contribution in [3.8, 4) is 11.5 Å². The standard InChI is InChI=1S/C13H15N3O7S.ClH/c1-8(24(20,21)15-3-2-14-6-13(15)17)9-4-11-12(23-7-22-11)5-10(9)16(18)19;/h4-5,8,14H,2-3,6-7H2,1H3;1H. The fraction of sp³-hybridized carbons (Fsp3) is 0.462. The van der Waals surface area contributed by atoms with Gasteiger partial charge in [-0.15, -0.1) is 12.4 Å². The molecule has 0 bridgehead atoms. The summed E-state index contributed by atoms with van der Waals surface area (Å²) in [6.45, 7) is 1.46. The zero-order valence-corrected chi connectivity index (χ0v) is 14.8. The predicted octanol–water partition coefficient (Wildman–Crippen LogP) is 0.568. The second-order valence-electron chi connectivity index (χ2n) is 5.35. The minimum atomic E-state index is -4.09. The van der Waals surface area contributed by atoms with Gasteiger partial charge in [-0.1, -0.05) is 0 Å². The van der Waals surface area contributed by atoms with Crippen LogP contribution in [0.4, 0.5) is 5.69 Å². The highest BCUT2D eigenvalue weighted by molar-refractivity contribution is 7.89. The summed E-state index contributed by atoms with van der Waals surface area (Å²) in [6.07, 6.45) is 0. The summed E-state index contributed by atoms with van der Waals surface area (Å²) in [6, 6.07) is 2.43. The predicted molar refractivity (Wildman–Crippen MR) is 88.4 cm³/mol. The number of sulfonamides is 1. The number of halogens is 1. The zero-order chi connectivity index (χ0) is 17.5. The van der Waals surface area contributed by atoms with Crippen molar-refractivity contribution in [2.45, 2.75) is 12.2 Å². The molecule has 1 aromatic rings. The van der Waals surface area contributed by atoms with Crippen molar-refractivity contribution in [1.29, 1.82) is 0 Å². The van der Waals surface area contributed by atoms with Gasteiger partial charge in [0.2, 0.25) is 22.7 Å². The van der Waals surface area contributed by atoms with Crippen LogP contribution < -0.4 is 14.8 Å². The number of nitrogens with zero attached hydrogens (tertiary/aromatic N) is 2. The average Bonchev–Trinajstić information content (AvgIpc) is 3.00. The van der Waals surface area contributed by atoms with Crippen LogP contribution in [-0.2, 0) is 14.8 Å². The number of nitro groups is 1. The maximum absolute atomic E-state index is 12.8. The van der Waals surface area contributed by atoms with Gasteiger partial charge in [-0.2, -0.15) is 0 Å². The topological polar surface area (TPSA) is 128 Å². The maximum Gasteiger partial charge on any atom is 0.277 e. The number of ether oxygens (including phenoxy) is 2. The van der Waals surface area contributed by atoms with Gasteiger partial charge in [-0.05, 0) is 13.0 Å². The summed E-state index contributed by atoms with van der Waals surface area (Å²) in [5.74, 6) is -0.158. The lowest BCUT2D eigenvalue weighted by molar-refractivity contribution is -0.385. The highest BCUT2D eigenvalue weighted by Crippen LogP contribution is 2.42. The summed E-state index contributed by atoms with van der Waals surface area (Å²) < 4.78 is 36.5. The summed E-state index contributed by atoms with van der Waals surface area (Å²) in [5, 5.41) is 12.8. The number of nitro benzene ring substituents is 1. The molecule has 1 unspecified atom stereocenters. The molecule has 3 rings (SSSR count). The van der Waals surface area contributed by atoms with E-state index < -0.39 is 31.8 Å². The zero-order valence-electron chi connectivity index (χ0n) is 13.1. The molecule has 0 aliphatic carbocycles. The smallest absolute Gasteiger partial charge is 0.277 e. The summed E-state index contributed by atoms with van der Waals surface area (Å²) >= 11 is 0. The second-order valence-corrected chi connectivity index (χ2v) is 7.53. The van der Waals surface area contributed by atoms with Gasteiger partial charge in [-0.25, -0.2) is 12.7 Å². The lowest BCUT2D eigenvalue weighted by Crippen LogP contribution is -2.51. The van der Waals surface area contributed by atoms with E-state index in [4.69, 9.17) is 9.47 Å². The Balaban J connectivity index is 0.00000225. The minimum absolute atomic E-state index is 0. The molecule has 1 atom stereocenters. The molecule has 0 radical (unpaired) electrons. The number of hydrogen-bond acceptors (Lipinski definition) is 8. The SMILES string of the molecule is CC(c1cc2c(cc1[N+](=O)[O-])OCO2)S(=O)(=O)N1CCNCC1=O.Cl. The van der Waals surface area contributed by atoms with Gasteiger partial charge in [-0.3, -0.25) is 14.9 Å². The monoisotopic (exact) mass is 393 g/mol. The third kappa shape index (κ3) is 3.34. The fourth-order valence-corrected chi connectivity index (χ4v) is 4.23. The van der Waals surface area contributed by atoms with Crippen molar-refractivity contribution in [3.63, 3.8) is 0 Å². The molecule has 2 aliphatic heterocycles. The average molecular weight is 394 g/mol. The van der Waals surface area contributed by atoms with Crippen LogP contribution >= 0.6 is 12.4 Å². The number of benzene rings is 1. The van der Waals surface area contributed by atoms with Crippen LogP contribution in [0.2, 0.25) is 0 Å². The Labute approximate surface area is 149 Å². The first-order chi connectivity index (χ1) is 11.3. The van der Waals surface area contributed by atoms with E-state index in [1.54, 1.807) is 0 Å². The van der Waals surface area contributed by atoms with Crippen molar-refractivity contribution in [3.05, 3.63) is 27.8 Å².